The second-order valence-electron chi connectivity index (χ2n) is 3.05. The number of nitriles is 1. The van der Waals surface area contributed by atoms with Gasteiger partial charge in [-0.15, -0.1) is 0 Å². The first-order valence-corrected chi connectivity index (χ1v) is 3.77. The molecular weight excluding hydrogens is 150 g/mol. The van der Waals surface area contributed by atoms with Gasteiger partial charge in [0.2, 0.25) is 0 Å². The monoisotopic (exact) mass is 161 g/mol. The maximum absolute atomic E-state index is 9.52. The summed E-state index contributed by atoms with van der Waals surface area (Å²) in [5, 5.41) is 18.1. The van der Waals surface area contributed by atoms with Crippen molar-refractivity contribution in [2.24, 2.45) is 0 Å². The van der Waals surface area contributed by atoms with Crippen LogP contribution in [0.3, 0.4) is 0 Å². The molecule has 0 aliphatic heterocycles. The predicted octanol–water partition coefficient (Wildman–Crippen LogP) is 1.73. The van der Waals surface area contributed by atoms with E-state index < -0.39 is 5.60 Å². The van der Waals surface area contributed by atoms with E-state index in [9.17, 15) is 5.11 Å². The van der Waals surface area contributed by atoms with Crippen molar-refractivity contribution in [1.29, 1.82) is 5.26 Å². The van der Waals surface area contributed by atoms with Gasteiger partial charge < -0.3 is 5.11 Å². The van der Waals surface area contributed by atoms with Gasteiger partial charge in [-0.25, -0.2) is 0 Å². The zero-order valence-electron chi connectivity index (χ0n) is 7.20. The van der Waals surface area contributed by atoms with E-state index in [4.69, 9.17) is 5.26 Å². The Labute approximate surface area is 72.1 Å². The Morgan fingerprint density at radius 1 is 1.33 bits per heavy atom. The zero-order valence-corrected chi connectivity index (χ0v) is 7.20. The SMILES string of the molecule is Cc1ccc([C@](C)(O)C#N)cc1. The van der Waals surface area contributed by atoms with E-state index in [2.05, 4.69) is 0 Å². The van der Waals surface area contributed by atoms with E-state index in [0.717, 1.165) is 5.56 Å². The summed E-state index contributed by atoms with van der Waals surface area (Å²) in [4.78, 5) is 0. The molecule has 0 saturated carbocycles. The molecule has 1 N–H and O–H groups in total. The maximum Gasteiger partial charge on any atom is 0.173 e. The summed E-state index contributed by atoms with van der Waals surface area (Å²) < 4.78 is 0. The predicted molar refractivity (Wildman–Crippen MR) is 46.4 cm³/mol. The number of rotatable bonds is 1. The lowest BCUT2D eigenvalue weighted by molar-refractivity contribution is 0.119. The van der Waals surface area contributed by atoms with E-state index in [-0.39, 0.29) is 0 Å². The minimum atomic E-state index is -1.37. The largest absolute Gasteiger partial charge is 0.372 e. The highest BCUT2D eigenvalue weighted by molar-refractivity contribution is 5.29. The Balaban J connectivity index is 3.07. The lowest BCUT2D eigenvalue weighted by Crippen LogP contribution is -2.17. The summed E-state index contributed by atoms with van der Waals surface area (Å²) in [5.41, 5.74) is 0.385. The van der Waals surface area contributed by atoms with E-state index in [0.29, 0.717) is 5.56 Å². The average Bonchev–Trinajstić information content (AvgIpc) is 2.05. The fourth-order valence-corrected chi connectivity index (χ4v) is 0.943. The Morgan fingerprint density at radius 2 is 1.83 bits per heavy atom. The molecule has 0 bridgehead atoms. The van der Waals surface area contributed by atoms with Gasteiger partial charge >= 0.3 is 0 Å². The molecule has 0 fully saturated rings. The number of hydrogen-bond acceptors (Lipinski definition) is 2. The molecule has 1 rings (SSSR count). The van der Waals surface area contributed by atoms with Crippen LogP contribution in [0.25, 0.3) is 0 Å². The van der Waals surface area contributed by atoms with Crippen LogP contribution in [0.1, 0.15) is 18.1 Å². The molecule has 0 amide bonds. The summed E-state index contributed by atoms with van der Waals surface area (Å²) >= 11 is 0. The fourth-order valence-electron chi connectivity index (χ4n) is 0.943. The van der Waals surface area contributed by atoms with Gasteiger partial charge in [0.05, 0.1) is 0 Å². The highest BCUT2D eigenvalue weighted by atomic mass is 16.3. The van der Waals surface area contributed by atoms with Gasteiger partial charge in [0.25, 0.3) is 0 Å². The molecule has 0 aromatic heterocycles. The van der Waals surface area contributed by atoms with E-state index in [1.165, 1.54) is 6.92 Å². The molecule has 2 nitrogen and oxygen atoms in total. The van der Waals surface area contributed by atoms with Crippen molar-refractivity contribution in [3.8, 4) is 6.07 Å². The van der Waals surface area contributed by atoms with Crippen LogP contribution in [0.2, 0.25) is 0 Å². The van der Waals surface area contributed by atoms with Gasteiger partial charge in [0.15, 0.2) is 5.60 Å². The number of aliphatic hydroxyl groups is 1. The van der Waals surface area contributed by atoms with Crippen molar-refractivity contribution in [2.75, 3.05) is 0 Å². The maximum atomic E-state index is 9.52. The van der Waals surface area contributed by atoms with E-state index in [1.54, 1.807) is 12.1 Å². The summed E-state index contributed by atoms with van der Waals surface area (Å²) in [6.07, 6.45) is 0. The standard InChI is InChI=1S/C10H11NO/c1-8-3-5-9(6-4-8)10(2,12)7-11/h3-6,12H,1-2H3/t10-/m1/s1. The summed E-state index contributed by atoms with van der Waals surface area (Å²) in [6.45, 7) is 3.45. The van der Waals surface area contributed by atoms with Crippen LogP contribution in [-0.2, 0) is 5.60 Å². The van der Waals surface area contributed by atoms with Crippen LogP contribution >= 0.6 is 0 Å². The van der Waals surface area contributed by atoms with Gasteiger partial charge in [-0.1, -0.05) is 29.8 Å². The lowest BCUT2D eigenvalue weighted by Gasteiger charge is -2.13. The second kappa shape index (κ2) is 2.96. The summed E-state index contributed by atoms with van der Waals surface area (Å²) in [7, 11) is 0. The molecule has 0 saturated heterocycles. The van der Waals surface area contributed by atoms with Crippen molar-refractivity contribution in [3.63, 3.8) is 0 Å². The zero-order chi connectivity index (χ0) is 9.19. The minimum absolute atomic E-state index is 0.635. The minimum Gasteiger partial charge on any atom is -0.372 e. The number of hydrogen-bond donors (Lipinski definition) is 1. The Morgan fingerprint density at radius 3 is 2.25 bits per heavy atom. The van der Waals surface area contributed by atoms with Gasteiger partial charge in [-0.3, -0.25) is 0 Å². The van der Waals surface area contributed by atoms with Crippen LogP contribution in [0.15, 0.2) is 24.3 Å². The second-order valence-corrected chi connectivity index (χ2v) is 3.05. The van der Waals surface area contributed by atoms with Crippen LogP contribution in [-0.4, -0.2) is 5.11 Å². The lowest BCUT2D eigenvalue weighted by atomic mass is 9.97. The quantitative estimate of drug-likeness (QED) is 0.637. The first kappa shape index (κ1) is 8.76. The van der Waals surface area contributed by atoms with Crippen LogP contribution < -0.4 is 0 Å². The van der Waals surface area contributed by atoms with Gasteiger partial charge in [0, 0.05) is 0 Å². The first-order valence-electron chi connectivity index (χ1n) is 3.77. The highest BCUT2D eigenvalue weighted by Gasteiger charge is 2.21. The first-order chi connectivity index (χ1) is 5.56. The molecule has 0 aliphatic carbocycles. The third-order valence-electron chi connectivity index (χ3n) is 1.83. The van der Waals surface area contributed by atoms with Crippen LogP contribution in [0, 0.1) is 18.3 Å². The molecule has 12 heavy (non-hydrogen) atoms. The van der Waals surface area contributed by atoms with Crippen molar-refractivity contribution >= 4 is 0 Å². The Kier molecular flexibility index (Phi) is 2.16. The smallest absolute Gasteiger partial charge is 0.173 e. The van der Waals surface area contributed by atoms with Crippen molar-refractivity contribution in [1.82, 2.24) is 0 Å². The average molecular weight is 161 g/mol. The summed E-state index contributed by atoms with van der Waals surface area (Å²) in [5.74, 6) is 0. The van der Waals surface area contributed by atoms with Crippen molar-refractivity contribution in [2.45, 2.75) is 19.4 Å². The van der Waals surface area contributed by atoms with Gasteiger partial charge in [-0.05, 0) is 19.4 Å². The van der Waals surface area contributed by atoms with Gasteiger partial charge in [0.1, 0.15) is 6.07 Å². The van der Waals surface area contributed by atoms with Gasteiger partial charge in [-0.2, -0.15) is 5.26 Å². The molecular formula is C10H11NO. The topological polar surface area (TPSA) is 44.0 Å². The normalized spacial score (nSPS) is 14.8. The van der Waals surface area contributed by atoms with E-state index >= 15 is 0 Å². The Bertz CT molecular complexity index is 306. The number of benzene rings is 1. The number of nitrogens with zero attached hydrogens (tertiary/aromatic N) is 1. The summed E-state index contributed by atoms with van der Waals surface area (Å²) in [6, 6.07) is 9.11. The molecule has 2 heteroatoms. The van der Waals surface area contributed by atoms with E-state index in [1.807, 2.05) is 25.1 Å². The molecule has 62 valence electrons. The van der Waals surface area contributed by atoms with Crippen molar-refractivity contribution < 1.29 is 5.11 Å². The third kappa shape index (κ3) is 1.63. The number of aryl methyl sites for hydroxylation is 1. The molecule has 1 atom stereocenters. The third-order valence-corrected chi connectivity index (χ3v) is 1.83. The van der Waals surface area contributed by atoms with Crippen molar-refractivity contribution in [3.05, 3.63) is 35.4 Å². The van der Waals surface area contributed by atoms with Crippen LogP contribution in [0.4, 0.5) is 0 Å². The highest BCUT2D eigenvalue weighted by Crippen LogP contribution is 2.19. The molecule has 0 spiro atoms. The molecule has 0 aliphatic rings. The molecule has 0 heterocycles. The van der Waals surface area contributed by atoms with Crippen LogP contribution in [0.5, 0.6) is 0 Å². The molecule has 1 aromatic carbocycles. The molecule has 0 radical (unpaired) electrons. The Hall–Kier alpha value is -1.33. The molecule has 1 aromatic rings. The molecule has 0 unspecified atom stereocenters. The fraction of sp³-hybridized carbons (Fsp3) is 0.300.